The van der Waals surface area contributed by atoms with Gasteiger partial charge in [-0.25, -0.2) is 0 Å². The van der Waals surface area contributed by atoms with Crippen LogP contribution >= 0.6 is 11.6 Å². The van der Waals surface area contributed by atoms with Crippen LogP contribution in [0.25, 0.3) is 10.9 Å². The van der Waals surface area contributed by atoms with Crippen molar-refractivity contribution in [2.24, 2.45) is 0 Å². The van der Waals surface area contributed by atoms with E-state index in [9.17, 15) is 4.79 Å². The van der Waals surface area contributed by atoms with E-state index >= 15 is 0 Å². The molecule has 3 nitrogen and oxygen atoms in total. The van der Waals surface area contributed by atoms with Crippen LogP contribution < -0.4 is 0 Å². The smallest absolute Gasteiger partial charge is 0.246 e. The summed E-state index contributed by atoms with van der Waals surface area (Å²) in [7, 11) is 0. The summed E-state index contributed by atoms with van der Waals surface area (Å²) in [5.41, 5.74) is 2.33. The lowest BCUT2D eigenvalue weighted by atomic mass is 10.2. The van der Waals surface area contributed by atoms with Crippen LogP contribution in [0, 0.1) is 0 Å². The van der Waals surface area contributed by atoms with Gasteiger partial charge in [0.05, 0.1) is 6.54 Å². The second-order valence-electron chi connectivity index (χ2n) is 4.45. The van der Waals surface area contributed by atoms with Crippen molar-refractivity contribution in [2.75, 3.05) is 6.54 Å². The number of aromatic nitrogens is 1. The molecule has 0 saturated heterocycles. The lowest BCUT2D eigenvalue weighted by Crippen LogP contribution is -2.36. The molecule has 0 unspecified atom stereocenters. The Kier molecular flexibility index (Phi) is 2.63. The van der Waals surface area contributed by atoms with Crippen LogP contribution in [-0.4, -0.2) is 21.9 Å². The zero-order valence-electron chi connectivity index (χ0n) is 9.90. The van der Waals surface area contributed by atoms with Crippen LogP contribution in [-0.2, 0) is 17.9 Å². The van der Waals surface area contributed by atoms with Crippen molar-refractivity contribution in [1.29, 1.82) is 0 Å². The summed E-state index contributed by atoms with van der Waals surface area (Å²) in [5, 5.41) is 1.87. The van der Waals surface area contributed by atoms with Crippen molar-refractivity contribution >= 4 is 28.4 Å². The van der Waals surface area contributed by atoms with Gasteiger partial charge in [-0.1, -0.05) is 18.2 Å². The van der Waals surface area contributed by atoms with Crippen molar-refractivity contribution in [1.82, 2.24) is 9.47 Å². The number of amides is 1. The van der Waals surface area contributed by atoms with Crippen LogP contribution in [0.5, 0.6) is 0 Å². The lowest BCUT2D eigenvalue weighted by Gasteiger charge is -2.28. The van der Waals surface area contributed by atoms with Gasteiger partial charge >= 0.3 is 0 Å². The fourth-order valence-corrected chi connectivity index (χ4v) is 2.69. The largest absolute Gasteiger partial charge is 0.341 e. The third-order valence-corrected chi connectivity index (χ3v) is 3.62. The van der Waals surface area contributed by atoms with Crippen molar-refractivity contribution in [3.05, 3.63) is 47.6 Å². The Morgan fingerprint density at radius 1 is 1.33 bits per heavy atom. The van der Waals surface area contributed by atoms with Crippen molar-refractivity contribution in [2.45, 2.75) is 13.1 Å². The summed E-state index contributed by atoms with van der Waals surface area (Å²) < 4.78 is 2.25. The highest BCUT2D eigenvalue weighted by atomic mass is 35.5. The molecular formula is C14H13ClN2O. The zero-order chi connectivity index (χ0) is 12.7. The highest BCUT2D eigenvalue weighted by Gasteiger charge is 2.20. The predicted molar refractivity (Wildman–Crippen MR) is 72.6 cm³/mol. The SMILES string of the molecule is C=CC(=O)N1CCn2c(cc3cc(Cl)ccc32)C1. The lowest BCUT2D eigenvalue weighted by molar-refractivity contribution is -0.127. The molecule has 1 aliphatic rings. The number of carbonyl (C=O) groups excluding carboxylic acids is 1. The van der Waals surface area contributed by atoms with Gasteiger partial charge in [0.2, 0.25) is 5.91 Å². The number of benzene rings is 1. The molecule has 2 heterocycles. The van der Waals surface area contributed by atoms with E-state index < -0.39 is 0 Å². The standard InChI is InChI=1S/C14H13ClN2O/c1-2-14(18)16-5-6-17-12(9-16)8-10-7-11(15)3-4-13(10)17/h2-4,7-8H,1,5-6,9H2. The van der Waals surface area contributed by atoms with E-state index in [-0.39, 0.29) is 5.91 Å². The first kappa shape index (κ1) is 11.4. The van der Waals surface area contributed by atoms with Crippen LogP contribution in [0.3, 0.4) is 0 Å². The minimum absolute atomic E-state index is 0.00969. The van der Waals surface area contributed by atoms with Crippen LogP contribution in [0.4, 0.5) is 0 Å². The molecule has 0 aliphatic carbocycles. The maximum atomic E-state index is 11.6. The molecule has 4 heteroatoms. The third-order valence-electron chi connectivity index (χ3n) is 3.38. The third kappa shape index (κ3) is 1.71. The summed E-state index contributed by atoms with van der Waals surface area (Å²) >= 11 is 6.00. The monoisotopic (exact) mass is 260 g/mol. The molecule has 0 atom stereocenters. The normalized spacial score (nSPS) is 14.6. The minimum atomic E-state index is -0.00969. The van der Waals surface area contributed by atoms with Crippen LogP contribution in [0.15, 0.2) is 36.9 Å². The molecule has 1 aromatic carbocycles. The maximum absolute atomic E-state index is 11.6. The van der Waals surface area contributed by atoms with Gasteiger partial charge in [0.1, 0.15) is 0 Å². The molecule has 0 bridgehead atoms. The first-order chi connectivity index (χ1) is 8.69. The fourth-order valence-electron chi connectivity index (χ4n) is 2.51. The maximum Gasteiger partial charge on any atom is 0.246 e. The number of halogens is 1. The van der Waals surface area contributed by atoms with Gasteiger partial charge in [0.25, 0.3) is 0 Å². The Morgan fingerprint density at radius 2 is 2.17 bits per heavy atom. The first-order valence-corrected chi connectivity index (χ1v) is 6.26. The van der Waals surface area contributed by atoms with E-state index in [4.69, 9.17) is 11.6 Å². The molecule has 0 N–H and O–H groups in total. The molecule has 0 saturated carbocycles. The van der Waals surface area contributed by atoms with Crippen molar-refractivity contribution in [3.63, 3.8) is 0 Å². The average Bonchev–Trinajstić information content (AvgIpc) is 2.73. The van der Waals surface area contributed by atoms with Gasteiger partial charge in [0.15, 0.2) is 0 Å². The number of fused-ring (bicyclic) bond motifs is 3. The second-order valence-corrected chi connectivity index (χ2v) is 4.89. The van der Waals surface area contributed by atoms with E-state index in [0.29, 0.717) is 6.54 Å². The molecular weight excluding hydrogens is 248 g/mol. The van der Waals surface area contributed by atoms with Gasteiger partial charge in [-0.3, -0.25) is 4.79 Å². The fraction of sp³-hybridized carbons (Fsp3) is 0.214. The summed E-state index contributed by atoms with van der Waals surface area (Å²) in [6.45, 7) is 5.71. The average molecular weight is 261 g/mol. The highest BCUT2D eigenvalue weighted by Crippen LogP contribution is 2.26. The molecule has 1 aliphatic heterocycles. The minimum Gasteiger partial charge on any atom is -0.341 e. The zero-order valence-corrected chi connectivity index (χ0v) is 10.7. The highest BCUT2D eigenvalue weighted by molar-refractivity contribution is 6.31. The topological polar surface area (TPSA) is 25.2 Å². The summed E-state index contributed by atoms with van der Waals surface area (Å²) in [5.74, 6) is -0.00969. The van der Waals surface area contributed by atoms with Gasteiger partial charge < -0.3 is 9.47 Å². The number of carbonyl (C=O) groups is 1. The van der Waals surface area contributed by atoms with E-state index in [1.54, 1.807) is 0 Å². The number of hydrogen-bond donors (Lipinski definition) is 0. The quantitative estimate of drug-likeness (QED) is 0.724. The summed E-state index contributed by atoms with van der Waals surface area (Å²) in [4.78, 5) is 13.4. The second kappa shape index (κ2) is 4.18. The van der Waals surface area contributed by atoms with E-state index in [2.05, 4.69) is 17.2 Å². The molecule has 3 rings (SSSR count). The Bertz CT molecular complexity index is 645. The van der Waals surface area contributed by atoms with Crippen LogP contribution in [0.1, 0.15) is 5.69 Å². The molecule has 18 heavy (non-hydrogen) atoms. The van der Waals surface area contributed by atoms with Gasteiger partial charge in [-0.15, -0.1) is 0 Å². The molecule has 1 amide bonds. The van der Waals surface area contributed by atoms with E-state index in [1.165, 1.54) is 11.6 Å². The number of rotatable bonds is 1. The van der Waals surface area contributed by atoms with E-state index in [1.807, 2.05) is 23.1 Å². The molecule has 1 aromatic heterocycles. The Labute approximate surface area is 110 Å². The van der Waals surface area contributed by atoms with E-state index in [0.717, 1.165) is 29.2 Å². The van der Waals surface area contributed by atoms with Crippen LogP contribution in [0.2, 0.25) is 5.02 Å². The van der Waals surface area contributed by atoms with Gasteiger partial charge in [-0.05, 0) is 30.3 Å². The number of nitrogens with zero attached hydrogens (tertiary/aromatic N) is 2. The Balaban J connectivity index is 2.04. The molecule has 0 radical (unpaired) electrons. The Morgan fingerprint density at radius 3 is 2.94 bits per heavy atom. The summed E-state index contributed by atoms with van der Waals surface area (Å²) in [6.07, 6.45) is 1.37. The molecule has 2 aromatic rings. The van der Waals surface area contributed by atoms with Crippen molar-refractivity contribution < 1.29 is 4.79 Å². The van der Waals surface area contributed by atoms with Crippen molar-refractivity contribution in [3.8, 4) is 0 Å². The summed E-state index contributed by atoms with van der Waals surface area (Å²) in [6, 6.07) is 8.00. The molecule has 92 valence electrons. The Hall–Kier alpha value is -1.74. The number of hydrogen-bond acceptors (Lipinski definition) is 1. The molecule has 0 spiro atoms. The van der Waals surface area contributed by atoms with Gasteiger partial charge in [0, 0.05) is 34.7 Å². The van der Waals surface area contributed by atoms with Gasteiger partial charge in [-0.2, -0.15) is 0 Å². The molecule has 0 fully saturated rings. The first-order valence-electron chi connectivity index (χ1n) is 5.88. The predicted octanol–water partition coefficient (Wildman–Crippen LogP) is 2.82.